The number of nitrogens with one attached hydrogen (secondary N) is 1. The molecule has 0 aliphatic rings. The summed E-state index contributed by atoms with van der Waals surface area (Å²) in [6.45, 7) is 7.95. The maximum atomic E-state index is 10.7. The van der Waals surface area contributed by atoms with Crippen molar-refractivity contribution in [2.24, 2.45) is 0 Å². The molecule has 0 aromatic heterocycles. The molecular formula is C14H35N3O5S. The van der Waals surface area contributed by atoms with Crippen LogP contribution in [0.1, 0.15) is 20.3 Å². The molecule has 0 aromatic carbocycles. The monoisotopic (exact) mass is 357 g/mol. The van der Waals surface area contributed by atoms with E-state index in [0.717, 1.165) is 20.1 Å². The molecule has 2 N–H and O–H groups in total. The Hall–Kier alpha value is -1.00. The van der Waals surface area contributed by atoms with Crippen molar-refractivity contribution >= 4 is 16.3 Å². The Bertz CT molecular complexity index is 370. The van der Waals surface area contributed by atoms with Crippen molar-refractivity contribution in [3.05, 3.63) is 12.2 Å². The fraction of sp³-hybridized carbons (Fsp3) is 0.786. The van der Waals surface area contributed by atoms with E-state index in [9.17, 15) is 13.2 Å². The van der Waals surface area contributed by atoms with E-state index < -0.39 is 10.4 Å². The maximum absolute atomic E-state index is 10.7. The molecule has 0 spiro atoms. The number of amides is 1. The Morgan fingerprint density at radius 2 is 1.39 bits per heavy atom. The first-order chi connectivity index (χ1) is 10.2. The molecule has 0 heterocycles. The van der Waals surface area contributed by atoms with E-state index >= 15 is 0 Å². The minimum Gasteiger partial charge on any atom is -0.352 e. The van der Waals surface area contributed by atoms with Crippen LogP contribution in [0.2, 0.25) is 0 Å². The van der Waals surface area contributed by atoms with Gasteiger partial charge in [0, 0.05) is 12.1 Å². The Morgan fingerprint density at radius 3 is 1.52 bits per heavy atom. The molecule has 0 unspecified atom stereocenters. The van der Waals surface area contributed by atoms with E-state index in [2.05, 4.69) is 16.1 Å². The van der Waals surface area contributed by atoms with Crippen molar-refractivity contribution in [2.45, 2.75) is 20.3 Å². The summed E-state index contributed by atoms with van der Waals surface area (Å²) in [7, 11) is 8.71. The molecule has 142 valence electrons. The Morgan fingerprint density at radius 1 is 1.13 bits per heavy atom. The van der Waals surface area contributed by atoms with Gasteiger partial charge in [-0.1, -0.05) is 13.5 Å². The van der Waals surface area contributed by atoms with Gasteiger partial charge in [0.15, 0.2) is 0 Å². The van der Waals surface area contributed by atoms with Crippen molar-refractivity contribution in [3.8, 4) is 0 Å². The van der Waals surface area contributed by atoms with Crippen LogP contribution in [0.4, 0.5) is 0 Å². The lowest BCUT2D eigenvalue weighted by atomic mass is 10.3. The van der Waals surface area contributed by atoms with E-state index in [0.29, 0.717) is 5.57 Å². The Labute approximate surface area is 142 Å². The molecule has 8 nitrogen and oxygen atoms in total. The summed E-state index contributed by atoms with van der Waals surface area (Å²) in [6, 6.07) is 0. The summed E-state index contributed by atoms with van der Waals surface area (Å²) in [6.07, 6.45) is 0.971. The summed E-state index contributed by atoms with van der Waals surface area (Å²) in [5.74, 6) is -0.0446. The number of nitrogens with zero attached hydrogens (tertiary/aromatic N) is 2. The van der Waals surface area contributed by atoms with Gasteiger partial charge in [0.1, 0.15) is 0 Å². The number of carbonyl (C=O) groups is 1. The second-order valence-corrected chi connectivity index (χ2v) is 6.50. The van der Waals surface area contributed by atoms with Gasteiger partial charge in [-0.15, -0.1) is 0 Å². The molecule has 0 fully saturated rings. The van der Waals surface area contributed by atoms with Crippen LogP contribution in [0.5, 0.6) is 0 Å². The van der Waals surface area contributed by atoms with Crippen LogP contribution in [0.15, 0.2) is 12.2 Å². The van der Waals surface area contributed by atoms with Crippen molar-refractivity contribution in [2.75, 3.05) is 55.9 Å². The molecule has 0 aliphatic heterocycles. The van der Waals surface area contributed by atoms with Gasteiger partial charge in [-0.3, -0.25) is 13.5 Å². The first-order valence-corrected chi connectivity index (χ1v) is 8.26. The average molecular weight is 358 g/mol. The van der Waals surface area contributed by atoms with Crippen LogP contribution in [0.25, 0.3) is 0 Å². The molecule has 9 heteroatoms. The van der Waals surface area contributed by atoms with Gasteiger partial charge in [0.2, 0.25) is 5.91 Å². The van der Waals surface area contributed by atoms with Crippen LogP contribution in [-0.2, 0) is 19.4 Å². The molecule has 0 saturated heterocycles. The van der Waals surface area contributed by atoms with Crippen LogP contribution in [-0.4, -0.2) is 84.6 Å². The highest BCUT2D eigenvalue weighted by Crippen LogP contribution is 1.84. The van der Waals surface area contributed by atoms with Crippen molar-refractivity contribution < 1.29 is 21.9 Å². The lowest BCUT2D eigenvalue weighted by molar-refractivity contribution is -0.117. The summed E-state index contributed by atoms with van der Waals surface area (Å²) >= 11 is 0. The highest BCUT2D eigenvalue weighted by Gasteiger charge is 1.96. The highest BCUT2D eigenvalue weighted by molar-refractivity contribution is 7.80. The van der Waals surface area contributed by atoms with Crippen molar-refractivity contribution in [1.29, 1.82) is 0 Å². The van der Waals surface area contributed by atoms with Gasteiger partial charge in [-0.25, -0.2) is 0 Å². The predicted molar refractivity (Wildman–Crippen MR) is 95.9 cm³/mol. The van der Waals surface area contributed by atoms with Gasteiger partial charge in [-0.2, -0.15) is 8.42 Å². The van der Waals surface area contributed by atoms with E-state index in [4.69, 9.17) is 4.55 Å². The van der Waals surface area contributed by atoms with Crippen LogP contribution in [0.3, 0.4) is 0 Å². The zero-order chi connectivity index (χ0) is 19.6. The number of rotatable bonds is 4. The van der Waals surface area contributed by atoms with Gasteiger partial charge in [0.25, 0.3) is 0 Å². The molecule has 0 rings (SSSR count). The Kier molecular flexibility index (Phi) is 24.8. The standard InChI is InChI=1S/C7H13NO.2C3H9N.CH4O4S/c1-4-5-8-7(9)6(2)3;2*1-4(2)3;1-5-6(2,3)4/h2,4-5H2,1,3H3,(H,8,9);2*1-3H3;1H3,(H,2,3,4). The number of hydrogen-bond acceptors (Lipinski definition) is 6. The smallest absolute Gasteiger partial charge is 0.352 e. The SMILES string of the molecule is C=C(C)C(=O)NCCC.CN(C)C.CN(C)C.COS(=O)(=O)O. The third kappa shape index (κ3) is 75.8. The maximum Gasteiger partial charge on any atom is 0.397 e. The largest absolute Gasteiger partial charge is 0.397 e. The quantitative estimate of drug-likeness (QED) is 0.569. The molecule has 0 bridgehead atoms. The summed E-state index contributed by atoms with van der Waals surface area (Å²) in [4.78, 5) is 14.7. The molecule has 0 atom stereocenters. The minimum absolute atomic E-state index is 0.0446. The average Bonchev–Trinajstić information content (AvgIpc) is 2.34. The molecule has 0 saturated carbocycles. The number of hydrogen-bond donors (Lipinski definition) is 2. The lowest BCUT2D eigenvalue weighted by Gasteiger charge is -1.99. The first-order valence-electron chi connectivity index (χ1n) is 6.89. The van der Waals surface area contributed by atoms with Gasteiger partial charge in [-0.05, 0) is 55.6 Å². The fourth-order valence-electron chi connectivity index (χ4n) is 0.389. The molecule has 23 heavy (non-hydrogen) atoms. The summed E-state index contributed by atoms with van der Waals surface area (Å²) in [5.41, 5.74) is 0.573. The topological polar surface area (TPSA) is 99.2 Å². The molecule has 0 aromatic rings. The highest BCUT2D eigenvalue weighted by atomic mass is 32.3. The third-order valence-corrected chi connectivity index (χ3v) is 1.56. The Balaban J connectivity index is -0.000000112. The van der Waals surface area contributed by atoms with Gasteiger partial charge >= 0.3 is 10.4 Å². The molecule has 0 radical (unpaired) electrons. The van der Waals surface area contributed by atoms with Crippen LogP contribution in [0, 0.1) is 0 Å². The third-order valence-electron chi connectivity index (χ3n) is 1.13. The van der Waals surface area contributed by atoms with Crippen molar-refractivity contribution in [3.63, 3.8) is 0 Å². The summed E-state index contributed by atoms with van der Waals surface area (Å²) < 4.78 is 29.7. The molecule has 1 amide bonds. The van der Waals surface area contributed by atoms with E-state index in [-0.39, 0.29) is 5.91 Å². The number of carbonyl (C=O) groups excluding carboxylic acids is 1. The minimum atomic E-state index is -4.16. The fourth-order valence-corrected chi connectivity index (χ4v) is 0.389. The zero-order valence-electron chi connectivity index (χ0n) is 16.0. The van der Waals surface area contributed by atoms with Gasteiger partial charge in [0.05, 0.1) is 7.11 Å². The summed E-state index contributed by atoms with van der Waals surface area (Å²) in [5, 5.41) is 2.69. The van der Waals surface area contributed by atoms with E-state index in [1.807, 2.05) is 59.0 Å². The second-order valence-electron chi connectivity index (χ2n) is 5.31. The predicted octanol–water partition coefficient (Wildman–Crippen LogP) is 0.880. The molecule has 0 aliphatic carbocycles. The molecular weight excluding hydrogens is 322 g/mol. The lowest BCUT2D eigenvalue weighted by Crippen LogP contribution is -2.24. The van der Waals surface area contributed by atoms with Gasteiger partial charge < -0.3 is 15.1 Å². The first kappa shape index (κ1) is 29.9. The van der Waals surface area contributed by atoms with Crippen LogP contribution >= 0.6 is 0 Å². The zero-order valence-corrected chi connectivity index (χ0v) is 16.8. The van der Waals surface area contributed by atoms with Crippen molar-refractivity contribution in [1.82, 2.24) is 15.1 Å². The second kappa shape index (κ2) is 19.0. The van der Waals surface area contributed by atoms with E-state index in [1.165, 1.54) is 0 Å². The van der Waals surface area contributed by atoms with E-state index in [1.54, 1.807) is 6.92 Å². The normalized spacial score (nSPS) is 9.57. The van der Waals surface area contributed by atoms with Crippen LogP contribution < -0.4 is 5.32 Å².